The monoisotopic (exact) mass is 848 g/mol. The Balaban J connectivity index is 0.806. The van der Waals surface area contributed by atoms with Gasteiger partial charge in [0.1, 0.15) is 0 Å². The second-order valence-corrected chi connectivity index (χ2v) is 22.4. The van der Waals surface area contributed by atoms with Gasteiger partial charge in [-0.2, -0.15) is 0 Å². The Morgan fingerprint density at radius 2 is 0.656 bits per heavy atom. The molecule has 9 N–H and O–H groups in total. The molecule has 5 aliphatic heterocycles. The SMILES string of the molecule is CCCCCCCCCCCCCCCCCCNC(=O)C1CCCC2C3NC4NC(NC5NC(NC6NC(NC(N3)C12)C1CCCCC61)C1CCCCC51)C1CCCCC41. The zero-order chi connectivity index (χ0) is 41.4. The highest BCUT2D eigenvalue weighted by atomic mass is 16.1. The fourth-order valence-corrected chi connectivity index (χ4v) is 15.4. The molecule has 0 aromatic carbocycles. The van der Waals surface area contributed by atoms with Crippen molar-refractivity contribution in [1.29, 1.82) is 0 Å². The molecule has 9 aliphatic rings. The van der Waals surface area contributed by atoms with Gasteiger partial charge < -0.3 is 5.32 Å². The van der Waals surface area contributed by atoms with Gasteiger partial charge in [0.05, 0.1) is 49.3 Å². The summed E-state index contributed by atoms with van der Waals surface area (Å²) < 4.78 is 0. The predicted molar refractivity (Wildman–Crippen MR) is 249 cm³/mol. The number of hydrogen-bond donors (Lipinski definition) is 9. The summed E-state index contributed by atoms with van der Waals surface area (Å²) in [5, 5.41) is 37.5. The number of carbonyl (C=O) groups excluding carboxylic acids is 1. The third-order valence-electron chi connectivity index (χ3n) is 18.6. The van der Waals surface area contributed by atoms with Crippen molar-refractivity contribution in [3.05, 3.63) is 0 Å². The molecular weight excluding hydrogens is 755 g/mol. The van der Waals surface area contributed by atoms with Crippen LogP contribution in [0.1, 0.15) is 206 Å². The molecule has 8 bridgehead atoms. The summed E-state index contributed by atoms with van der Waals surface area (Å²) in [5.41, 5.74) is 0. The minimum Gasteiger partial charge on any atom is -0.356 e. The van der Waals surface area contributed by atoms with E-state index in [-0.39, 0.29) is 24.4 Å². The topological polar surface area (TPSA) is 125 Å². The molecule has 17 unspecified atom stereocenters. The third kappa shape index (κ3) is 10.9. The summed E-state index contributed by atoms with van der Waals surface area (Å²) >= 11 is 0. The first-order chi connectivity index (χ1) is 30.2. The van der Waals surface area contributed by atoms with E-state index in [1.165, 1.54) is 180 Å². The second-order valence-electron chi connectivity index (χ2n) is 22.4. The van der Waals surface area contributed by atoms with E-state index < -0.39 is 0 Å². The van der Waals surface area contributed by atoms with Crippen LogP contribution in [0, 0.1) is 53.3 Å². The van der Waals surface area contributed by atoms with E-state index in [1.54, 1.807) is 0 Å². The summed E-state index contributed by atoms with van der Waals surface area (Å²) in [5.74, 6) is 5.10. The maximum absolute atomic E-state index is 14.3. The molecule has 0 radical (unpaired) electrons. The molecule has 10 heteroatoms. The van der Waals surface area contributed by atoms with Gasteiger partial charge in [-0.05, 0) is 99.2 Å². The molecule has 4 aliphatic carbocycles. The number of hydrogen-bond acceptors (Lipinski definition) is 9. The minimum absolute atomic E-state index is 0.0627. The van der Waals surface area contributed by atoms with Gasteiger partial charge in [-0.1, -0.05) is 148 Å². The lowest BCUT2D eigenvalue weighted by Crippen LogP contribution is -2.62. The standard InChI is InChI=1S/C51H93N9O/c1-2-3-4-5-6-7-8-9-10-11-12-13-14-15-16-23-33-52-51(61)41-32-24-31-40-42(41)50-59-48-39-30-22-21-29-38(39)46(57-48)55-44-35-26-18-17-25-34(35)43(53-44)54-45-36-27-19-20-28-37(36)47(56-45)58-49(40)60-50/h34-50,53-60H,2-33H2,1H3,(H,52,61). The average Bonchev–Trinajstić information content (AvgIpc) is 4.03. The molecule has 0 aromatic rings. The van der Waals surface area contributed by atoms with E-state index >= 15 is 0 Å². The number of nitrogens with one attached hydrogen (secondary N) is 9. The molecule has 9 fully saturated rings. The summed E-state index contributed by atoms with van der Waals surface area (Å²) in [7, 11) is 0. The van der Waals surface area contributed by atoms with Crippen LogP contribution in [0.15, 0.2) is 0 Å². The molecule has 61 heavy (non-hydrogen) atoms. The highest BCUT2D eigenvalue weighted by Gasteiger charge is 2.56. The van der Waals surface area contributed by atoms with Crippen molar-refractivity contribution in [2.24, 2.45) is 53.3 Å². The van der Waals surface area contributed by atoms with Crippen molar-refractivity contribution in [1.82, 2.24) is 47.9 Å². The number of unbranched alkanes of at least 4 members (excludes halogenated alkanes) is 15. The van der Waals surface area contributed by atoms with Gasteiger partial charge >= 0.3 is 0 Å². The van der Waals surface area contributed by atoms with Gasteiger partial charge in [0, 0.05) is 18.4 Å². The van der Waals surface area contributed by atoms with Crippen molar-refractivity contribution in [3.63, 3.8) is 0 Å². The van der Waals surface area contributed by atoms with Crippen molar-refractivity contribution in [3.8, 4) is 0 Å². The summed E-state index contributed by atoms with van der Waals surface area (Å²) in [6.45, 7) is 3.14. The zero-order valence-electron chi connectivity index (χ0n) is 38.9. The molecule has 9 rings (SSSR count). The van der Waals surface area contributed by atoms with Crippen LogP contribution < -0.4 is 47.9 Å². The Hall–Kier alpha value is -0.850. The molecule has 4 saturated carbocycles. The lowest BCUT2D eigenvalue weighted by Gasteiger charge is -2.38. The van der Waals surface area contributed by atoms with Crippen LogP contribution in [0.2, 0.25) is 0 Å². The van der Waals surface area contributed by atoms with E-state index in [1.807, 2.05) is 0 Å². The van der Waals surface area contributed by atoms with Crippen LogP contribution in [-0.2, 0) is 4.79 Å². The first kappa shape index (κ1) is 45.3. The van der Waals surface area contributed by atoms with Crippen LogP contribution >= 0.6 is 0 Å². The number of fused-ring (bicyclic) bond motifs is 20. The summed E-state index contributed by atoms with van der Waals surface area (Å²) in [6.07, 6.45) is 43.7. The van der Waals surface area contributed by atoms with Gasteiger partial charge in [0.15, 0.2) is 0 Å². The van der Waals surface area contributed by atoms with Crippen molar-refractivity contribution in [2.45, 2.75) is 255 Å². The maximum Gasteiger partial charge on any atom is 0.223 e. The van der Waals surface area contributed by atoms with Gasteiger partial charge in [-0.25, -0.2) is 0 Å². The lowest BCUT2D eigenvalue weighted by molar-refractivity contribution is -0.129. The van der Waals surface area contributed by atoms with E-state index in [9.17, 15) is 4.79 Å². The highest BCUT2D eigenvalue weighted by Crippen LogP contribution is 2.47. The predicted octanol–water partition coefficient (Wildman–Crippen LogP) is 8.21. The molecule has 1 amide bonds. The number of amides is 1. The van der Waals surface area contributed by atoms with Gasteiger partial charge in [0.2, 0.25) is 5.91 Å². The smallest absolute Gasteiger partial charge is 0.223 e. The molecular formula is C51H93N9O. The number of rotatable bonds is 18. The Morgan fingerprint density at radius 1 is 0.361 bits per heavy atom. The third-order valence-corrected chi connectivity index (χ3v) is 18.6. The largest absolute Gasteiger partial charge is 0.356 e. The summed E-state index contributed by atoms with van der Waals surface area (Å²) in [4.78, 5) is 14.3. The van der Waals surface area contributed by atoms with Gasteiger partial charge in [-0.3, -0.25) is 47.3 Å². The Labute approximate surface area is 372 Å². The zero-order valence-corrected chi connectivity index (χ0v) is 38.9. The molecule has 5 saturated heterocycles. The van der Waals surface area contributed by atoms with E-state index in [0.29, 0.717) is 84.1 Å². The van der Waals surface area contributed by atoms with Crippen LogP contribution in [-0.4, -0.2) is 61.8 Å². The Morgan fingerprint density at radius 3 is 1.02 bits per heavy atom. The average molecular weight is 848 g/mol. The van der Waals surface area contributed by atoms with Crippen LogP contribution in [0.5, 0.6) is 0 Å². The molecule has 0 aromatic heterocycles. The van der Waals surface area contributed by atoms with E-state index in [4.69, 9.17) is 0 Å². The fraction of sp³-hybridized carbons (Fsp3) is 0.980. The Bertz CT molecular complexity index is 1330. The molecule has 10 nitrogen and oxygen atoms in total. The molecule has 5 heterocycles. The van der Waals surface area contributed by atoms with E-state index in [0.717, 1.165) is 25.8 Å². The second kappa shape index (κ2) is 22.6. The number of carbonyl (C=O) groups is 1. The molecule has 348 valence electrons. The lowest BCUT2D eigenvalue weighted by atomic mass is 9.71. The van der Waals surface area contributed by atoms with Gasteiger partial charge in [0.25, 0.3) is 0 Å². The Kier molecular flexibility index (Phi) is 16.8. The molecule has 0 spiro atoms. The van der Waals surface area contributed by atoms with Crippen molar-refractivity contribution < 1.29 is 4.79 Å². The van der Waals surface area contributed by atoms with Gasteiger partial charge in [-0.15, -0.1) is 0 Å². The van der Waals surface area contributed by atoms with Crippen molar-refractivity contribution >= 4 is 5.91 Å². The highest BCUT2D eigenvalue weighted by molar-refractivity contribution is 5.79. The normalized spacial score (nSPS) is 43.0. The van der Waals surface area contributed by atoms with E-state index in [2.05, 4.69) is 54.8 Å². The van der Waals surface area contributed by atoms with Crippen LogP contribution in [0.4, 0.5) is 0 Å². The summed E-state index contributed by atoms with van der Waals surface area (Å²) in [6, 6.07) is 0. The van der Waals surface area contributed by atoms with Crippen molar-refractivity contribution in [2.75, 3.05) is 6.54 Å². The first-order valence-corrected chi connectivity index (χ1v) is 27.5. The van der Waals surface area contributed by atoms with Crippen LogP contribution in [0.25, 0.3) is 0 Å². The first-order valence-electron chi connectivity index (χ1n) is 27.5. The molecule has 17 atom stereocenters. The minimum atomic E-state index is 0.0627. The fourth-order valence-electron chi connectivity index (χ4n) is 15.4. The quantitative estimate of drug-likeness (QED) is 0.0629. The maximum atomic E-state index is 14.3. The van der Waals surface area contributed by atoms with Crippen LogP contribution in [0.3, 0.4) is 0 Å².